The van der Waals surface area contributed by atoms with Crippen molar-refractivity contribution in [2.75, 3.05) is 5.32 Å². The van der Waals surface area contributed by atoms with E-state index in [1.807, 2.05) is 0 Å². The molecule has 0 saturated heterocycles. The van der Waals surface area contributed by atoms with Gasteiger partial charge in [-0.2, -0.15) is 13.2 Å². The normalized spacial score (nSPS) is 21.4. The summed E-state index contributed by atoms with van der Waals surface area (Å²) >= 11 is 3.04. The maximum absolute atomic E-state index is 12.6. The number of carbonyl (C=O) groups excluding carboxylic acids is 1. The van der Waals surface area contributed by atoms with Gasteiger partial charge >= 0.3 is 12.1 Å². The Hall–Kier alpha value is -1.57. The minimum absolute atomic E-state index is 0.0270. The Morgan fingerprint density at radius 3 is 2.45 bits per heavy atom. The van der Waals surface area contributed by atoms with Crippen LogP contribution in [0.2, 0.25) is 0 Å². The minimum Gasteiger partial charge on any atom is -0.481 e. The van der Waals surface area contributed by atoms with Crippen molar-refractivity contribution in [3.8, 4) is 0 Å². The number of hydrogen-bond acceptors (Lipinski definition) is 2. The van der Waals surface area contributed by atoms with Crippen molar-refractivity contribution in [3.63, 3.8) is 0 Å². The van der Waals surface area contributed by atoms with Gasteiger partial charge in [-0.1, -0.05) is 0 Å². The average molecular weight is 352 g/mol. The molecule has 8 heteroatoms. The van der Waals surface area contributed by atoms with E-state index >= 15 is 0 Å². The van der Waals surface area contributed by atoms with Crippen LogP contribution in [0.1, 0.15) is 12.0 Å². The Labute approximate surface area is 120 Å². The molecule has 0 spiro atoms. The number of hydrogen-bond donors (Lipinski definition) is 2. The number of amides is 1. The fourth-order valence-corrected chi connectivity index (χ4v) is 2.13. The van der Waals surface area contributed by atoms with Gasteiger partial charge in [0.1, 0.15) is 0 Å². The van der Waals surface area contributed by atoms with Gasteiger partial charge in [0, 0.05) is 4.47 Å². The molecule has 108 valence electrons. The highest BCUT2D eigenvalue weighted by atomic mass is 79.9. The van der Waals surface area contributed by atoms with E-state index in [0.717, 1.165) is 12.1 Å². The van der Waals surface area contributed by atoms with E-state index in [1.165, 1.54) is 6.07 Å². The molecule has 1 fully saturated rings. The van der Waals surface area contributed by atoms with Gasteiger partial charge in [-0.25, -0.2) is 0 Å². The van der Waals surface area contributed by atoms with Crippen LogP contribution in [-0.4, -0.2) is 17.0 Å². The number of halogens is 4. The zero-order chi connectivity index (χ0) is 15.1. The number of rotatable bonds is 3. The molecule has 1 saturated carbocycles. The number of carboxylic acid groups (broad SMARTS) is 1. The minimum atomic E-state index is -4.51. The van der Waals surface area contributed by atoms with E-state index in [1.54, 1.807) is 0 Å². The Morgan fingerprint density at radius 2 is 1.95 bits per heavy atom. The fourth-order valence-electron chi connectivity index (χ4n) is 1.78. The summed E-state index contributed by atoms with van der Waals surface area (Å²) in [4.78, 5) is 22.4. The third-order valence-electron chi connectivity index (χ3n) is 3.00. The van der Waals surface area contributed by atoms with E-state index < -0.39 is 35.5 Å². The van der Waals surface area contributed by atoms with E-state index in [2.05, 4.69) is 21.2 Å². The van der Waals surface area contributed by atoms with Crippen molar-refractivity contribution in [2.45, 2.75) is 12.6 Å². The summed E-state index contributed by atoms with van der Waals surface area (Å²) < 4.78 is 38.0. The Kier molecular flexibility index (Phi) is 3.77. The van der Waals surface area contributed by atoms with Gasteiger partial charge in [0.05, 0.1) is 23.1 Å². The Bertz CT molecular complexity index is 574. The summed E-state index contributed by atoms with van der Waals surface area (Å²) in [5.41, 5.74) is -0.914. The second kappa shape index (κ2) is 5.08. The van der Waals surface area contributed by atoms with Crippen LogP contribution in [0, 0.1) is 11.8 Å². The summed E-state index contributed by atoms with van der Waals surface area (Å²) in [6, 6.07) is 2.87. The van der Waals surface area contributed by atoms with Gasteiger partial charge in [0.25, 0.3) is 0 Å². The molecule has 0 heterocycles. The van der Waals surface area contributed by atoms with Crippen LogP contribution < -0.4 is 5.32 Å². The molecular formula is C12H9BrF3NO3. The lowest BCUT2D eigenvalue weighted by atomic mass is 10.2. The zero-order valence-corrected chi connectivity index (χ0v) is 11.5. The van der Waals surface area contributed by atoms with Gasteiger partial charge in [-0.15, -0.1) is 0 Å². The van der Waals surface area contributed by atoms with Gasteiger partial charge in [-0.3, -0.25) is 9.59 Å². The van der Waals surface area contributed by atoms with E-state index in [9.17, 15) is 22.8 Å². The summed E-state index contributed by atoms with van der Waals surface area (Å²) in [7, 11) is 0. The van der Waals surface area contributed by atoms with Gasteiger partial charge in [0.2, 0.25) is 5.91 Å². The molecule has 0 radical (unpaired) electrons. The monoisotopic (exact) mass is 351 g/mol. The topological polar surface area (TPSA) is 66.4 Å². The number of anilines is 1. The molecule has 2 unspecified atom stereocenters. The lowest BCUT2D eigenvalue weighted by Gasteiger charge is -2.11. The number of nitrogens with one attached hydrogen (secondary N) is 1. The maximum atomic E-state index is 12.6. The number of aliphatic carboxylic acids is 1. The molecule has 0 aliphatic heterocycles. The first-order valence-electron chi connectivity index (χ1n) is 5.60. The van der Waals surface area contributed by atoms with Crippen molar-refractivity contribution in [1.82, 2.24) is 0 Å². The van der Waals surface area contributed by atoms with Crippen molar-refractivity contribution >= 4 is 33.5 Å². The van der Waals surface area contributed by atoms with Crippen molar-refractivity contribution in [1.29, 1.82) is 0 Å². The van der Waals surface area contributed by atoms with Crippen LogP contribution in [0.25, 0.3) is 0 Å². The lowest BCUT2D eigenvalue weighted by Crippen LogP contribution is -2.17. The Balaban J connectivity index is 2.14. The van der Waals surface area contributed by atoms with Crippen LogP contribution in [-0.2, 0) is 15.8 Å². The van der Waals surface area contributed by atoms with Gasteiger partial charge in [0.15, 0.2) is 0 Å². The van der Waals surface area contributed by atoms with Crippen LogP contribution in [0.15, 0.2) is 22.7 Å². The number of alkyl halides is 3. The van der Waals surface area contributed by atoms with E-state index in [0.29, 0.717) is 4.47 Å². The maximum Gasteiger partial charge on any atom is 0.416 e. The predicted molar refractivity (Wildman–Crippen MR) is 67.0 cm³/mol. The molecule has 1 aromatic rings. The molecule has 0 aromatic heterocycles. The molecule has 2 atom stereocenters. The summed E-state index contributed by atoms with van der Waals surface area (Å²) in [5.74, 6) is -3.10. The highest BCUT2D eigenvalue weighted by Gasteiger charge is 2.48. The van der Waals surface area contributed by atoms with Crippen LogP contribution in [0.5, 0.6) is 0 Å². The lowest BCUT2D eigenvalue weighted by molar-refractivity contribution is -0.139. The van der Waals surface area contributed by atoms with E-state index in [-0.39, 0.29) is 12.1 Å². The number of carboxylic acids is 1. The SMILES string of the molecule is O=C(O)C1CC1C(=O)Nc1cc(C(F)(F)F)ccc1Br. The quantitative estimate of drug-likeness (QED) is 0.879. The third kappa shape index (κ3) is 3.12. The summed E-state index contributed by atoms with van der Waals surface area (Å²) in [6.45, 7) is 0. The standard InChI is InChI=1S/C12H9BrF3NO3/c13-8-2-1-5(12(14,15)16)3-9(8)17-10(18)6-4-7(6)11(19)20/h1-3,6-7H,4H2,(H,17,18)(H,19,20). The zero-order valence-electron chi connectivity index (χ0n) is 9.87. The molecule has 0 bridgehead atoms. The summed E-state index contributed by atoms with van der Waals surface area (Å²) in [6.07, 6.45) is -4.30. The summed E-state index contributed by atoms with van der Waals surface area (Å²) in [5, 5.41) is 11.0. The second-order valence-electron chi connectivity index (χ2n) is 4.47. The molecule has 1 aliphatic carbocycles. The van der Waals surface area contributed by atoms with Crippen molar-refractivity contribution < 1.29 is 27.9 Å². The Morgan fingerprint density at radius 1 is 1.30 bits per heavy atom. The van der Waals surface area contributed by atoms with Crippen LogP contribution in [0.4, 0.5) is 18.9 Å². The molecule has 1 amide bonds. The first-order valence-corrected chi connectivity index (χ1v) is 6.40. The smallest absolute Gasteiger partial charge is 0.416 e. The van der Waals surface area contributed by atoms with Crippen LogP contribution >= 0.6 is 15.9 Å². The largest absolute Gasteiger partial charge is 0.481 e. The van der Waals surface area contributed by atoms with Crippen LogP contribution in [0.3, 0.4) is 0 Å². The molecule has 2 N–H and O–H groups in total. The van der Waals surface area contributed by atoms with Gasteiger partial charge in [-0.05, 0) is 40.5 Å². The fraction of sp³-hybridized carbons (Fsp3) is 0.333. The molecule has 2 rings (SSSR count). The molecule has 1 aromatic carbocycles. The number of benzene rings is 1. The first-order chi connectivity index (χ1) is 9.20. The van der Waals surface area contributed by atoms with E-state index in [4.69, 9.17) is 5.11 Å². The highest BCUT2D eigenvalue weighted by Crippen LogP contribution is 2.40. The molecular weight excluding hydrogens is 343 g/mol. The molecule has 4 nitrogen and oxygen atoms in total. The van der Waals surface area contributed by atoms with Crippen molar-refractivity contribution in [3.05, 3.63) is 28.2 Å². The highest BCUT2D eigenvalue weighted by molar-refractivity contribution is 9.10. The third-order valence-corrected chi connectivity index (χ3v) is 3.69. The van der Waals surface area contributed by atoms with Gasteiger partial charge < -0.3 is 10.4 Å². The van der Waals surface area contributed by atoms with Crippen molar-refractivity contribution in [2.24, 2.45) is 11.8 Å². The molecule has 20 heavy (non-hydrogen) atoms. The average Bonchev–Trinajstić information content (AvgIpc) is 3.10. The predicted octanol–water partition coefficient (Wildman–Crippen LogP) is 3.13. The number of carbonyl (C=O) groups is 2. The molecule has 1 aliphatic rings. The second-order valence-corrected chi connectivity index (χ2v) is 5.32. The first kappa shape index (κ1) is 14.8.